The summed E-state index contributed by atoms with van der Waals surface area (Å²) in [5.74, 6) is -0.122. The molecule has 0 aromatic heterocycles. The van der Waals surface area contributed by atoms with E-state index in [1.807, 2.05) is 13.8 Å². The molecule has 1 aliphatic rings. The van der Waals surface area contributed by atoms with Gasteiger partial charge in [-0.25, -0.2) is 21.6 Å². The van der Waals surface area contributed by atoms with E-state index in [-0.39, 0.29) is 16.4 Å². The van der Waals surface area contributed by atoms with Gasteiger partial charge in [0.05, 0.1) is 16.4 Å². The largest absolute Gasteiger partial charge is 0.241 e. The molecule has 0 bridgehead atoms. The van der Waals surface area contributed by atoms with Gasteiger partial charge >= 0.3 is 0 Å². The molecule has 0 aliphatic carbocycles. The van der Waals surface area contributed by atoms with Gasteiger partial charge in [0.15, 0.2) is 9.84 Å². The first-order valence-electron chi connectivity index (χ1n) is 6.35. The van der Waals surface area contributed by atoms with Gasteiger partial charge in [0.1, 0.15) is 0 Å². The smallest absolute Gasteiger partial charge is 0.229 e. The highest BCUT2D eigenvalue weighted by atomic mass is 32.2. The van der Waals surface area contributed by atoms with E-state index in [4.69, 9.17) is 0 Å². The van der Waals surface area contributed by atoms with E-state index in [0.717, 1.165) is 11.1 Å². The second-order valence-electron chi connectivity index (χ2n) is 5.75. The molecule has 1 unspecified atom stereocenters. The lowest BCUT2D eigenvalue weighted by Gasteiger charge is -2.23. The summed E-state index contributed by atoms with van der Waals surface area (Å²) >= 11 is 0. The van der Waals surface area contributed by atoms with Gasteiger partial charge in [-0.1, -0.05) is 6.07 Å². The molecule has 0 saturated carbocycles. The first-order valence-corrected chi connectivity index (χ1v) is 9.65. The van der Waals surface area contributed by atoms with Crippen molar-refractivity contribution in [3.63, 3.8) is 0 Å². The summed E-state index contributed by atoms with van der Waals surface area (Å²) in [4.78, 5) is 0.172. The topological polar surface area (TPSA) is 80.3 Å². The van der Waals surface area contributed by atoms with Crippen LogP contribution in [0, 0.1) is 13.8 Å². The van der Waals surface area contributed by atoms with Crippen molar-refractivity contribution in [2.24, 2.45) is 0 Å². The van der Waals surface area contributed by atoms with Gasteiger partial charge in [-0.05, 0) is 50.5 Å². The molecule has 0 spiro atoms. The Balaban J connectivity index is 2.30. The van der Waals surface area contributed by atoms with E-state index < -0.39 is 25.4 Å². The zero-order chi connectivity index (χ0) is 15.2. The molecule has 1 N–H and O–H groups in total. The average Bonchev–Trinajstić information content (AvgIpc) is 2.55. The van der Waals surface area contributed by atoms with Gasteiger partial charge in [0.25, 0.3) is 0 Å². The summed E-state index contributed by atoms with van der Waals surface area (Å²) in [6, 6.07) is 4.89. The van der Waals surface area contributed by atoms with Crippen LogP contribution in [-0.4, -0.2) is 33.9 Å². The maximum atomic E-state index is 12.4. The van der Waals surface area contributed by atoms with Crippen LogP contribution >= 0.6 is 0 Å². The highest BCUT2D eigenvalue weighted by Gasteiger charge is 2.41. The van der Waals surface area contributed by atoms with Crippen LogP contribution in [0.2, 0.25) is 0 Å². The number of hydrogen-bond acceptors (Lipinski definition) is 4. The minimum Gasteiger partial charge on any atom is -0.229 e. The molecule has 0 amide bonds. The Labute approximate surface area is 120 Å². The average molecular weight is 317 g/mol. The predicted octanol–water partition coefficient (Wildman–Crippen LogP) is 1.16. The molecule has 112 valence electrons. The Hall–Kier alpha value is -0.920. The molecular weight excluding hydrogens is 298 g/mol. The van der Waals surface area contributed by atoms with E-state index in [9.17, 15) is 16.8 Å². The second kappa shape index (κ2) is 4.82. The van der Waals surface area contributed by atoms with Crippen molar-refractivity contribution in [1.29, 1.82) is 0 Å². The number of rotatable bonds is 3. The molecule has 7 heteroatoms. The van der Waals surface area contributed by atoms with Crippen molar-refractivity contribution in [2.45, 2.75) is 37.6 Å². The highest BCUT2D eigenvalue weighted by molar-refractivity contribution is 7.92. The molecule has 1 atom stereocenters. The van der Waals surface area contributed by atoms with E-state index >= 15 is 0 Å². The summed E-state index contributed by atoms with van der Waals surface area (Å²) in [5.41, 5.74) is 0.979. The van der Waals surface area contributed by atoms with Gasteiger partial charge in [-0.3, -0.25) is 0 Å². The van der Waals surface area contributed by atoms with E-state index in [2.05, 4.69) is 4.72 Å². The molecule has 1 aromatic carbocycles. The molecule has 20 heavy (non-hydrogen) atoms. The zero-order valence-electron chi connectivity index (χ0n) is 11.8. The monoisotopic (exact) mass is 317 g/mol. The maximum absolute atomic E-state index is 12.4. The van der Waals surface area contributed by atoms with Gasteiger partial charge in [-0.2, -0.15) is 0 Å². The van der Waals surface area contributed by atoms with Crippen molar-refractivity contribution in [3.8, 4) is 0 Å². The van der Waals surface area contributed by atoms with E-state index in [1.54, 1.807) is 19.1 Å². The maximum Gasteiger partial charge on any atom is 0.241 e. The molecule has 1 fully saturated rings. The fourth-order valence-corrected chi connectivity index (χ4v) is 6.06. The third-order valence-electron chi connectivity index (χ3n) is 3.67. The van der Waals surface area contributed by atoms with E-state index in [0.29, 0.717) is 6.42 Å². The number of sulfonamides is 1. The molecule has 1 aromatic rings. The van der Waals surface area contributed by atoms with Crippen molar-refractivity contribution in [2.75, 3.05) is 11.5 Å². The number of nitrogens with one attached hydrogen (secondary N) is 1. The van der Waals surface area contributed by atoms with Crippen molar-refractivity contribution >= 4 is 19.9 Å². The lowest BCUT2D eigenvalue weighted by Crippen LogP contribution is -2.46. The van der Waals surface area contributed by atoms with E-state index in [1.165, 1.54) is 6.07 Å². The van der Waals surface area contributed by atoms with Crippen LogP contribution in [0.25, 0.3) is 0 Å². The normalized spacial score (nSPS) is 25.8. The van der Waals surface area contributed by atoms with Crippen LogP contribution in [-0.2, 0) is 19.9 Å². The summed E-state index contributed by atoms with van der Waals surface area (Å²) in [6.45, 7) is 5.39. The van der Waals surface area contributed by atoms with Gasteiger partial charge in [-0.15, -0.1) is 0 Å². The standard InChI is InChI=1S/C13H19NO4S2/c1-10-4-5-12(8-11(10)2)20(17,18)14-13(3)6-7-19(15,16)9-13/h4-5,8,14H,6-7,9H2,1-3H3. The fraction of sp³-hybridized carbons (Fsp3) is 0.538. The van der Waals surface area contributed by atoms with Crippen LogP contribution in [0.15, 0.2) is 23.1 Å². The minimum absolute atomic E-state index is 0.0267. The van der Waals surface area contributed by atoms with Crippen molar-refractivity contribution in [1.82, 2.24) is 4.72 Å². The molecule has 1 saturated heterocycles. The number of sulfone groups is 1. The highest BCUT2D eigenvalue weighted by Crippen LogP contribution is 2.25. The quantitative estimate of drug-likeness (QED) is 0.907. The molecule has 2 rings (SSSR count). The van der Waals surface area contributed by atoms with Gasteiger partial charge in [0.2, 0.25) is 10.0 Å². The Morgan fingerprint density at radius 2 is 1.85 bits per heavy atom. The van der Waals surface area contributed by atoms with Crippen LogP contribution in [0.4, 0.5) is 0 Å². The Kier molecular flexibility index (Phi) is 3.73. The lowest BCUT2D eigenvalue weighted by molar-refractivity contribution is 0.462. The third-order valence-corrected chi connectivity index (χ3v) is 7.21. The summed E-state index contributed by atoms with van der Waals surface area (Å²) in [5, 5.41) is 0. The Morgan fingerprint density at radius 3 is 2.35 bits per heavy atom. The lowest BCUT2D eigenvalue weighted by atomic mass is 10.0. The molecule has 0 radical (unpaired) electrons. The molecular formula is C13H19NO4S2. The summed E-state index contributed by atoms with van der Waals surface area (Å²) in [6.07, 6.45) is 0.305. The summed E-state index contributed by atoms with van der Waals surface area (Å²) in [7, 11) is -6.86. The SMILES string of the molecule is Cc1ccc(S(=O)(=O)NC2(C)CCS(=O)(=O)C2)cc1C. The second-order valence-corrected chi connectivity index (χ2v) is 9.62. The Bertz CT molecular complexity index is 738. The number of hydrogen-bond donors (Lipinski definition) is 1. The fourth-order valence-electron chi connectivity index (χ4n) is 2.36. The summed E-state index contributed by atoms with van der Waals surface area (Å²) < 4.78 is 50.3. The van der Waals surface area contributed by atoms with Gasteiger partial charge < -0.3 is 0 Å². The minimum atomic E-state index is -3.71. The molecule has 1 heterocycles. The predicted molar refractivity (Wildman–Crippen MR) is 77.9 cm³/mol. The number of benzene rings is 1. The molecule has 5 nitrogen and oxygen atoms in total. The van der Waals surface area contributed by atoms with Crippen molar-refractivity contribution < 1.29 is 16.8 Å². The molecule has 1 aliphatic heterocycles. The van der Waals surface area contributed by atoms with Gasteiger partial charge in [0, 0.05) is 5.54 Å². The number of aryl methyl sites for hydroxylation is 2. The van der Waals surface area contributed by atoms with Crippen LogP contribution in [0.1, 0.15) is 24.5 Å². The first-order chi connectivity index (χ1) is 9.03. The third kappa shape index (κ3) is 3.21. The van der Waals surface area contributed by atoms with Crippen molar-refractivity contribution in [3.05, 3.63) is 29.3 Å². The first kappa shape index (κ1) is 15.5. The zero-order valence-corrected chi connectivity index (χ0v) is 13.4. The Morgan fingerprint density at radius 1 is 1.20 bits per heavy atom. The van der Waals surface area contributed by atoms with Crippen LogP contribution in [0.5, 0.6) is 0 Å². The van der Waals surface area contributed by atoms with Crippen LogP contribution < -0.4 is 4.72 Å². The van der Waals surface area contributed by atoms with Crippen LogP contribution in [0.3, 0.4) is 0 Å².